The number of aryl methyl sites for hydroxylation is 2. The van der Waals surface area contributed by atoms with Gasteiger partial charge in [-0.3, -0.25) is 0 Å². The van der Waals surface area contributed by atoms with Crippen LogP contribution >= 0.6 is 0 Å². The highest BCUT2D eigenvalue weighted by molar-refractivity contribution is 5.50. The molecule has 0 heteroatoms. The number of hydrogen-bond acceptors (Lipinski definition) is 0. The summed E-state index contributed by atoms with van der Waals surface area (Å²) in [5, 5.41) is 0. The molecule has 0 aliphatic heterocycles. The van der Waals surface area contributed by atoms with Gasteiger partial charge in [-0.25, -0.2) is 0 Å². The molecule has 0 nitrogen and oxygen atoms in total. The van der Waals surface area contributed by atoms with Gasteiger partial charge < -0.3 is 0 Å². The molecule has 0 aromatic heterocycles. The van der Waals surface area contributed by atoms with Gasteiger partial charge in [0.1, 0.15) is 0 Å². The molecule has 0 fully saturated rings. The fraction of sp³-hybridized carbons (Fsp3) is 0.333. The molecule has 21 heavy (non-hydrogen) atoms. The van der Waals surface area contributed by atoms with Crippen LogP contribution in [0.25, 0.3) is 0 Å². The maximum absolute atomic E-state index is 4.06. The monoisotopic (exact) mass is 276 g/mol. The molecule has 2 aromatic rings. The first-order valence-corrected chi connectivity index (χ1v) is 8.09. The summed E-state index contributed by atoms with van der Waals surface area (Å²) in [5.74, 6) is 0. The van der Waals surface area contributed by atoms with Crippen molar-refractivity contribution in [2.75, 3.05) is 0 Å². The molecular weight excluding hydrogens is 252 g/mol. The molecule has 0 spiro atoms. The predicted octanol–water partition coefficient (Wildman–Crippen LogP) is 5.45. The van der Waals surface area contributed by atoms with Gasteiger partial charge in [-0.05, 0) is 47.9 Å². The summed E-state index contributed by atoms with van der Waals surface area (Å²) in [5.41, 5.74) is 6.20. The average Bonchev–Trinajstić information content (AvgIpc) is 2.65. The Morgan fingerprint density at radius 3 is 1.95 bits per heavy atom. The molecule has 0 saturated heterocycles. The first-order chi connectivity index (χ1) is 10.3. The summed E-state index contributed by atoms with van der Waals surface area (Å²) in [4.78, 5) is 0. The van der Waals surface area contributed by atoms with Crippen LogP contribution in [0.1, 0.15) is 48.4 Å². The Morgan fingerprint density at radius 2 is 1.48 bits per heavy atom. The van der Waals surface area contributed by atoms with Crippen molar-refractivity contribution in [1.29, 1.82) is 0 Å². The molecule has 0 unspecified atom stereocenters. The lowest BCUT2D eigenvalue weighted by atomic mass is 9.67. The molecule has 0 heterocycles. The lowest BCUT2D eigenvalue weighted by Crippen LogP contribution is -2.28. The van der Waals surface area contributed by atoms with Crippen molar-refractivity contribution in [1.82, 2.24) is 0 Å². The maximum Gasteiger partial charge on any atom is 0.0242 e. The average molecular weight is 276 g/mol. The van der Waals surface area contributed by atoms with Crippen LogP contribution < -0.4 is 0 Å². The lowest BCUT2D eigenvalue weighted by Gasteiger charge is -2.36. The molecule has 3 rings (SSSR count). The van der Waals surface area contributed by atoms with Crippen molar-refractivity contribution >= 4 is 0 Å². The van der Waals surface area contributed by atoms with Crippen LogP contribution in [0.4, 0.5) is 0 Å². The normalized spacial score (nSPS) is 15.7. The summed E-state index contributed by atoms with van der Waals surface area (Å²) in [6, 6.07) is 18.1. The fourth-order valence-electron chi connectivity index (χ4n) is 4.09. The molecule has 0 N–H and O–H groups in total. The molecule has 0 bridgehead atoms. The van der Waals surface area contributed by atoms with Gasteiger partial charge in [0.25, 0.3) is 0 Å². The summed E-state index contributed by atoms with van der Waals surface area (Å²) in [6.07, 6.45) is 7.80. The van der Waals surface area contributed by atoms with Crippen molar-refractivity contribution in [2.45, 2.75) is 44.4 Å². The molecule has 1 aliphatic carbocycles. The van der Waals surface area contributed by atoms with E-state index in [9.17, 15) is 0 Å². The van der Waals surface area contributed by atoms with E-state index >= 15 is 0 Å². The second-order valence-corrected chi connectivity index (χ2v) is 6.14. The lowest BCUT2D eigenvalue weighted by molar-refractivity contribution is 0.469. The smallest absolute Gasteiger partial charge is 0.0242 e. The van der Waals surface area contributed by atoms with Crippen molar-refractivity contribution in [3.63, 3.8) is 0 Å². The van der Waals surface area contributed by atoms with E-state index in [0.717, 1.165) is 19.3 Å². The molecule has 2 aromatic carbocycles. The summed E-state index contributed by atoms with van der Waals surface area (Å²) in [7, 11) is 0. The second kappa shape index (κ2) is 5.89. The van der Waals surface area contributed by atoms with Crippen LogP contribution in [0.3, 0.4) is 0 Å². The van der Waals surface area contributed by atoms with Crippen LogP contribution in [-0.2, 0) is 18.3 Å². The Bertz CT molecular complexity index is 588. The molecule has 0 amide bonds. The molecule has 0 radical (unpaired) electrons. The number of allylic oxidation sites excluding steroid dienone is 1. The Balaban J connectivity index is 2.30. The SMILES string of the molecule is C=CCC1(CCC)c2ccccc2CCc2ccccc21. The third kappa shape index (κ3) is 2.33. The van der Waals surface area contributed by atoms with E-state index in [1.165, 1.54) is 35.1 Å². The van der Waals surface area contributed by atoms with Crippen LogP contribution in [0.5, 0.6) is 0 Å². The van der Waals surface area contributed by atoms with Gasteiger partial charge in [0, 0.05) is 5.41 Å². The predicted molar refractivity (Wildman–Crippen MR) is 90.8 cm³/mol. The Morgan fingerprint density at radius 1 is 0.952 bits per heavy atom. The zero-order valence-corrected chi connectivity index (χ0v) is 12.9. The molecular formula is C21H24. The highest BCUT2D eigenvalue weighted by atomic mass is 14.4. The van der Waals surface area contributed by atoms with E-state index in [1.807, 2.05) is 0 Å². The standard InChI is InChI=1S/C21H24/c1-3-15-21(16-4-2)19-11-7-5-9-17(19)13-14-18-10-6-8-12-20(18)21/h3,5-12H,1,4,13-16H2,2H3. The molecule has 1 aliphatic rings. The first kappa shape index (κ1) is 14.1. The van der Waals surface area contributed by atoms with Crippen LogP contribution in [-0.4, -0.2) is 0 Å². The minimum atomic E-state index is 0.111. The maximum atomic E-state index is 4.06. The molecule has 108 valence electrons. The van der Waals surface area contributed by atoms with Gasteiger partial charge in [0.05, 0.1) is 0 Å². The quantitative estimate of drug-likeness (QED) is 0.652. The van der Waals surface area contributed by atoms with E-state index in [-0.39, 0.29) is 5.41 Å². The van der Waals surface area contributed by atoms with Crippen molar-refractivity contribution in [3.8, 4) is 0 Å². The third-order valence-electron chi connectivity index (χ3n) is 4.90. The zero-order valence-electron chi connectivity index (χ0n) is 12.9. The third-order valence-corrected chi connectivity index (χ3v) is 4.90. The Hall–Kier alpha value is -1.82. The first-order valence-electron chi connectivity index (χ1n) is 8.09. The summed E-state index contributed by atoms with van der Waals surface area (Å²) >= 11 is 0. The second-order valence-electron chi connectivity index (χ2n) is 6.14. The van der Waals surface area contributed by atoms with E-state index < -0.39 is 0 Å². The number of fused-ring (bicyclic) bond motifs is 2. The van der Waals surface area contributed by atoms with Gasteiger partial charge in [-0.2, -0.15) is 0 Å². The minimum absolute atomic E-state index is 0.111. The highest BCUT2D eigenvalue weighted by Crippen LogP contribution is 2.45. The number of rotatable bonds is 4. The zero-order chi connectivity index (χ0) is 14.7. The van der Waals surface area contributed by atoms with Crippen molar-refractivity contribution < 1.29 is 0 Å². The van der Waals surface area contributed by atoms with Gasteiger partial charge in [0.2, 0.25) is 0 Å². The fourth-order valence-corrected chi connectivity index (χ4v) is 4.09. The van der Waals surface area contributed by atoms with Gasteiger partial charge in [-0.15, -0.1) is 6.58 Å². The summed E-state index contributed by atoms with van der Waals surface area (Å²) in [6.45, 7) is 6.35. The van der Waals surface area contributed by atoms with Gasteiger partial charge >= 0.3 is 0 Å². The number of benzene rings is 2. The summed E-state index contributed by atoms with van der Waals surface area (Å²) < 4.78 is 0. The van der Waals surface area contributed by atoms with E-state index in [1.54, 1.807) is 0 Å². The van der Waals surface area contributed by atoms with Gasteiger partial charge in [-0.1, -0.05) is 68.0 Å². The van der Waals surface area contributed by atoms with Crippen molar-refractivity contribution in [3.05, 3.63) is 83.4 Å². The largest absolute Gasteiger partial charge is 0.103 e. The Labute approximate surface area is 128 Å². The van der Waals surface area contributed by atoms with E-state index in [2.05, 4.69) is 68.1 Å². The number of hydrogen-bond donors (Lipinski definition) is 0. The van der Waals surface area contributed by atoms with Crippen LogP contribution in [0, 0.1) is 0 Å². The van der Waals surface area contributed by atoms with Gasteiger partial charge in [0.15, 0.2) is 0 Å². The molecule has 0 atom stereocenters. The van der Waals surface area contributed by atoms with Crippen molar-refractivity contribution in [2.24, 2.45) is 0 Å². The highest BCUT2D eigenvalue weighted by Gasteiger charge is 2.36. The minimum Gasteiger partial charge on any atom is -0.103 e. The topological polar surface area (TPSA) is 0 Å². The van der Waals surface area contributed by atoms with Crippen LogP contribution in [0.15, 0.2) is 61.2 Å². The molecule has 0 saturated carbocycles. The van der Waals surface area contributed by atoms with E-state index in [0.29, 0.717) is 0 Å². The van der Waals surface area contributed by atoms with Crippen LogP contribution in [0.2, 0.25) is 0 Å². The Kier molecular flexibility index (Phi) is 3.96. The van der Waals surface area contributed by atoms with E-state index in [4.69, 9.17) is 0 Å².